The molecule has 6 heteroatoms. The van der Waals surface area contributed by atoms with Gasteiger partial charge >= 0.3 is 0 Å². The number of aromatic nitrogens is 1. The van der Waals surface area contributed by atoms with Crippen LogP contribution in [-0.2, 0) is 22.6 Å². The summed E-state index contributed by atoms with van der Waals surface area (Å²) in [5.74, 6) is 1.11. The molecule has 3 heterocycles. The van der Waals surface area contributed by atoms with Crippen LogP contribution in [0.3, 0.4) is 0 Å². The van der Waals surface area contributed by atoms with Crippen molar-refractivity contribution in [2.75, 3.05) is 25.0 Å². The molecule has 3 rings (SSSR count). The molecule has 1 aromatic heterocycles. The fraction of sp³-hybridized carbons (Fsp3) is 0.733. The quantitative estimate of drug-likeness (QED) is 0.895. The first kappa shape index (κ1) is 14.9. The van der Waals surface area contributed by atoms with Crippen molar-refractivity contribution >= 4 is 22.4 Å². The van der Waals surface area contributed by atoms with E-state index in [1.54, 1.807) is 11.3 Å². The number of amides is 1. The Morgan fingerprint density at radius 2 is 2.52 bits per heavy atom. The Bertz CT molecular complexity index is 474. The summed E-state index contributed by atoms with van der Waals surface area (Å²) in [6, 6.07) is 0. The Morgan fingerprint density at radius 1 is 1.62 bits per heavy atom. The van der Waals surface area contributed by atoms with Gasteiger partial charge in [-0.25, -0.2) is 4.98 Å². The molecule has 1 fully saturated rings. The second-order valence-corrected chi connectivity index (χ2v) is 7.11. The van der Waals surface area contributed by atoms with Crippen LogP contribution in [0, 0.1) is 11.8 Å². The maximum Gasteiger partial charge on any atom is 0.226 e. The largest absolute Gasteiger partial charge is 0.375 e. The van der Waals surface area contributed by atoms with Crippen LogP contribution in [0.4, 0.5) is 5.13 Å². The summed E-state index contributed by atoms with van der Waals surface area (Å²) < 4.78 is 5.41. The lowest BCUT2D eigenvalue weighted by Gasteiger charge is -2.27. The first-order valence-electron chi connectivity index (χ1n) is 7.79. The Hall–Kier alpha value is -0.980. The van der Waals surface area contributed by atoms with E-state index in [1.807, 2.05) is 0 Å². The lowest BCUT2D eigenvalue weighted by molar-refractivity contribution is -0.117. The van der Waals surface area contributed by atoms with E-state index in [1.165, 1.54) is 12.8 Å². The van der Waals surface area contributed by atoms with Crippen molar-refractivity contribution in [3.63, 3.8) is 0 Å². The van der Waals surface area contributed by atoms with E-state index >= 15 is 0 Å². The van der Waals surface area contributed by atoms with Gasteiger partial charge < -0.3 is 15.4 Å². The third kappa shape index (κ3) is 3.81. The molecule has 2 atom stereocenters. The summed E-state index contributed by atoms with van der Waals surface area (Å²) in [5.41, 5.74) is 1.09. The highest BCUT2D eigenvalue weighted by molar-refractivity contribution is 7.15. The van der Waals surface area contributed by atoms with Crippen molar-refractivity contribution in [2.45, 2.75) is 39.2 Å². The molecule has 0 radical (unpaired) electrons. The van der Waals surface area contributed by atoms with Crippen molar-refractivity contribution in [3.8, 4) is 0 Å². The van der Waals surface area contributed by atoms with E-state index in [0.717, 1.165) is 41.8 Å². The summed E-state index contributed by atoms with van der Waals surface area (Å²) in [6.07, 6.45) is 3.87. The van der Waals surface area contributed by atoms with Gasteiger partial charge in [-0.05, 0) is 37.8 Å². The highest BCUT2D eigenvalue weighted by Crippen LogP contribution is 2.28. The van der Waals surface area contributed by atoms with Gasteiger partial charge in [0.15, 0.2) is 5.13 Å². The lowest BCUT2D eigenvalue weighted by atomic mass is 9.85. The van der Waals surface area contributed by atoms with Crippen LogP contribution in [0.5, 0.6) is 0 Å². The predicted octanol–water partition coefficient (Wildman–Crippen LogP) is 2.18. The number of piperidine rings is 1. The zero-order chi connectivity index (χ0) is 14.7. The summed E-state index contributed by atoms with van der Waals surface area (Å²) in [5, 5.41) is 7.10. The van der Waals surface area contributed by atoms with Crippen molar-refractivity contribution in [1.82, 2.24) is 10.3 Å². The van der Waals surface area contributed by atoms with Crippen LogP contribution in [0.15, 0.2) is 0 Å². The smallest absolute Gasteiger partial charge is 0.226 e. The van der Waals surface area contributed by atoms with E-state index in [-0.39, 0.29) is 5.91 Å². The molecule has 0 spiro atoms. The number of nitrogens with one attached hydrogen (secondary N) is 2. The Labute approximate surface area is 129 Å². The number of rotatable bonds is 4. The number of hydrogen-bond donors (Lipinski definition) is 2. The van der Waals surface area contributed by atoms with Crippen molar-refractivity contribution in [3.05, 3.63) is 10.6 Å². The minimum absolute atomic E-state index is 0.0834. The number of carbonyl (C=O) groups excluding carboxylic acids is 1. The number of thiazole rings is 1. The van der Waals surface area contributed by atoms with E-state index in [4.69, 9.17) is 4.74 Å². The number of anilines is 1. The molecule has 0 bridgehead atoms. The predicted molar refractivity (Wildman–Crippen MR) is 83.5 cm³/mol. The van der Waals surface area contributed by atoms with Gasteiger partial charge in [0.25, 0.3) is 0 Å². The summed E-state index contributed by atoms with van der Waals surface area (Å²) >= 11 is 1.55. The topological polar surface area (TPSA) is 63.2 Å². The monoisotopic (exact) mass is 309 g/mol. The SMILES string of the molecule is CC(CC(=O)Nc1nc2c(s1)COCC2)C1CCCNC1. The molecule has 0 aliphatic carbocycles. The average molecular weight is 309 g/mol. The van der Waals surface area contributed by atoms with E-state index in [0.29, 0.717) is 24.9 Å². The minimum atomic E-state index is 0.0834. The molecule has 1 saturated heterocycles. The lowest BCUT2D eigenvalue weighted by Crippen LogP contribution is -2.34. The van der Waals surface area contributed by atoms with Crippen LogP contribution >= 0.6 is 11.3 Å². The molecule has 2 unspecified atom stereocenters. The van der Waals surface area contributed by atoms with Crippen LogP contribution in [-0.4, -0.2) is 30.6 Å². The molecule has 2 aliphatic heterocycles. The van der Waals surface area contributed by atoms with E-state index < -0.39 is 0 Å². The third-order valence-corrected chi connectivity index (χ3v) is 5.37. The molecule has 2 aliphatic rings. The molecule has 116 valence electrons. The van der Waals surface area contributed by atoms with E-state index in [9.17, 15) is 4.79 Å². The molecular weight excluding hydrogens is 286 g/mol. The van der Waals surface area contributed by atoms with Crippen molar-refractivity contribution in [2.24, 2.45) is 11.8 Å². The Balaban J connectivity index is 1.52. The normalized spacial score (nSPS) is 23.4. The Kier molecular flexibility index (Phi) is 4.87. The summed E-state index contributed by atoms with van der Waals surface area (Å²) in [7, 11) is 0. The number of nitrogens with zero attached hydrogens (tertiary/aromatic N) is 1. The maximum atomic E-state index is 12.2. The first-order chi connectivity index (χ1) is 10.2. The van der Waals surface area contributed by atoms with Gasteiger partial charge in [-0.2, -0.15) is 0 Å². The molecule has 5 nitrogen and oxygen atoms in total. The number of hydrogen-bond acceptors (Lipinski definition) is 5. The van der Waals surface area contributed by atoms with Gasteiger partial charge in [0.1, 0.15) is 0 Å². The van der Waals surface area contributed by atoms with Gasteiger partial charge in [-0.1, -0.05) is 18.3 Å². The molecule has 2 N–H and O–H groups in total. The molecule has 21 heavy (non-hydrogen) atoms. The van der Waals surface area contributed by atoms with Gasteiger partial charge in [-0.15, -0.1) is 0 Å². The van der Waals surface area contributed by atoms with Crippen LogP contribution in [0.2, 0.25) is 0 Å². The molecule has 0 saturated carbocycles. The van der Waals surface area contributed by atoms with Gasteiger partial charge in [-0.3, -0.25) is 4.79 Å². The Morgan fingerprint density at radius 3 is 3.29 bits per heavy atom. The first-order valence-corrected chi connectivity index (χ1v) is 8.61. The average Bonchev–Trinajstić information content (AvgIpc) is 2.90. The van der Waals surface area contributed by atoms with Gasteiger partial charge in [0, 0.05) is 12.8 Å². The van der Waals surface area contributed by atoms with Gasteiger partial charge in [0.05, 0.1) is 23.8 Å². The molecular formula is C15H23N3O2S. The van der Waals surface area contributed by atoms with Crippen molar-refractivity contribution < 1.29 is 9.53 Å². The van der Waals surface area contributed by atoms with Crippen LogP contribution in [0.25, 0.3) is 0 Å². The fourth-order valence-corrected chi connectivity index (χ4v) is 4.03. The second-order valence-electron chi connectivity index (χ2n) is 6.03. The maximum absolute atomic E-state index is 12.2. The number of ether oxygens (including phenoxy) is 1. The highest BCUT2D eigenvalue weighted by Gasteiger charge is 2.23. The fourth-order valence-electron chi connectivity index (χ4n) is 3.07. The second kappa shape index (κ2) is 6.85. The van der Waals surface area contributed by atoms with Crippen LogP contribution < -0.4 is 10.6 Å². The van der Waals surface area contributed by atoms with Crippen LogP contribution in [0.1, 0.15) is 36.8 Å². The number of fused-ring (bicyclic) bond motifs is 1. The van der Waals surface area contributed by atoms with E-state index in [2.05, 4.69) is 22.5 Å². The molecule has 0 aromatic carbocycles. The minimum Gasteiger partial charge on any atom is -0.375 e. The number of carbonyl (C=O) groups is 1. The summed E-state index contributed by atoms with van der Waals surface area (Å²) in [4.78, 5) is 17.8. The zero-order valence-corrected chi connectivity index (χ0v) is 13.3. The molecule has 1 amide bonds. The highest BCUT2D eigenvalue weighted by atomic mass is 32.1. The van der Waals surface area contributed by atoms with Gasteiger partial charge in [0.2, 0.25) is 5.91 Å². The zero-order valence-electron chi connectivity index (χ0n) is 12.5. The third-order valence-electron chi connectivity index (χ3n) is 4.39. The molecule has 1 aromatic rings. The van der Waals surface area contributed by atoms with Crippen molar-refractivity contribution in [1.29, 1.82) is 0 Å². The summed E-state index contributed by atoms with van der Waals surface area (Å²) in [6.45, 7) is 5.69. The standard InChI is InChI=1S/C15H23N3O2S/c1-10(11-3-2-5-16-8-11)7-14(19)18-15-17-12-4-6-20-9-13(12)21-15/h10-11,16H,2-9H2,1H3,(H,17,18,19).